The molecule has 0 aromatic heterocycles. The van der Waals surface area contributed by atoms with E-state index in [2.05, 4.69) is 20.8 Å². The molecule has 16 heavy (non-hydrogen) atoms. The first-order chi connectivity index (χ1) is 6.82. The van der Waals surface area contributed by atoms with Gasteiger partial charge in [-0.05, 0) is 26.8 Å². The second-order valence-electron chi connectivity index (χ2n) is 4.51. The largest absolute Gasteiger partial charge is 0.370 e. The molecule has 0 spiro atoms. The van der Waals surface area contributed by atoms with Gasteiger partial charge in [-0.1, -0.05) is 6.07 Å². The molecule has 0 aliphatic carbocycles. The Hall–Kier alpha value is -0.850. The van der Waals surface area contributed by atoms with Gasteiger partial charge in [0.25, 0.3) is 5.69 Å². The van der Waals surface area contributed by atoms with E-state index >= 15 is 0 Å². The van der Waals surface area contributed by atoms with Crippen LogP contribution in [-0.4, -0.2) is 17.5 Å². The maximum Gasteiger partial charge on any atom is 0.271 e. The zero-order chi connectivity index (χ0) is 11.6. The van der Waals surface area contributed by atoms with Crippen LogP contribution >= 0.6 is 24.0 Å². The smallest absolute Gasteiger partial charge is 0.271 e. The molecular weight excluding hydrogens is 319 g/mol. The lowest BCUT2D eigenvalue weighted by molar-refractivity contribution is -0.384. The number of anilines is 1. The van der Waals surface area contributed by atoms with Crippen molar-refractivity contribution in [3.8, 4) is 0 Å². The lowest BCUT2D eigenvalue weighted by atomic mass is 10.1. The first-order valence-electron chi connectivity index (χ1n) is 4.80. The molecule has 0 N–H and O–H groups in total. The van der Waals surface area contributed by atoms with Crippen molar-refractivity contribution in [2.75, 3.05) is 11.9 Å². The summed E-state index contributed by atoms with van der Waals surface area (Å²) in [5, 5.41) is 10.6. The van der Waals surface area contributed by atoms with E-state index in [0.29, 0.717) is 0 Å². The first-order valence-corrected chi connectivity index (χ1v) is 4.80. The minimum atomic E-state index is -0.375. The number of nitrogens with zero attached hydrogens (tertiary/aromatic N) is 2. The molecule has 1 aromatic rings. The average Bonchev–Trinajstić information content (AvgIpc) is 2.15. The summed E-state index contributed by atoms with van der Waals surface area (Å²) >= 11 is 0. The van der Waals surface area contributed by atoms with Crippen LogP contribution in [-0.2, 0) is 0 Å². The van der Waals surface area contributed by atoms with Crippen molar-refractivity contribution in [1.29, 1.82) is 0 Å². The molecule has 4 nitrogen and oxygen atoms in total. The summed E-state index contributed by atoms with van der Waals surface area (Å²) < 4.78 is 0. The van der Waals surface area contributed by atoms with Gasteiger partial charge in [-0.15, -0.1) is 24.0 Å². The predicted molar refractivity (Wildman–Crippen MR) is 76.7 cm³/mol. The van der Waals surface area contributed by atoms with Crippen molar-refractivity contribution in [2.45, 2.75) is 26.3 Å². The number of hydrogen-bond acceptors (Lipinski definition) is 3. The Morgan fingerprint density at radius 3 is 2.31 bits per heavy atom. The Bertz CT molecular complexity index is 374. The van der Waals surface area contributed by atoms with E-state index < -0.39 is 0 Å². The summed E-state index contributed by atoms with van der Waals surface area (Å²) in [5.41, 5.74) is 0.940. The highest BCUT2D eigenvalue weighted by Gasteiger charge is 2.18. The molecule has 0 bridgehead atoms. The summed E-state index contributed by atoms with van der Waals surface area (Å²) in [6, 6.07) is 6.67. The van der Waals surface area contributed by atoms with Crippen molar-refractivity contribution >= 4 is 35.4 Å². The fourth-order valence-electron chi connectivity index (χ4n) is 1.20. The van der Waals surface area contributed by atoms with Gasteiger partial charge in [-0.3, -0.25) is 10.1 Å². The zero-order valence-corrected chi connectivity index (χ0v) is 12.3. The van der Waals surface area contributed by atoms with Crippen molar-refractivity contribution in [1.82, 2.24) is 0 Å². The van der Waals surface area contributed by atoms with E-state index in [-0.39, 0.29) is 40.1 Å². The summed E-state index contributed by atoms with van der Waals surface area (Å²) in [6.07, 6.45) is 0. The molecule has 5 heteroatoms. The fourth-order valence-corrected chi connectivity index (χ4v) is 1.20. The van der Waals surface area contributed by atoms with Crippen LogP contribution in [0.15, 0.2) is 24.3 Å². The third kappa shape index (κ3) is 3.62. The van der Waals surface area contributed by atoms with Gasteiger partial charge >= 0.3 is 0 Å². The van der Waals surface area contributed by atoms with Gasteiger partial charge in [0.15, 0.2) is 0 Å². The van der Waals surface area contributed by atoms with Gasteiger partial charge in [0, 0.05) is 30.4 Å². The van der Waals surface area contributed by atoms with Gasteiger partial charge < -0.3 is 4.90 Å². The predicted octanol–water partition coefficient (Wildman–Crippen LogP) is 3.45. The van der Waals surface area contributed by atoms with E-state index in [1.807, 2.05) is 18.0 Å². The van der Waals surface area contributed by atoms with Crippen LogP contribution in [0, 0.1) is 10.1 Å². The van der Waals surface area contributed by atoms with Gasteiger partial charge in [0.2, 0.25) is 0 Å². The normalized spacial score (nSPS) is 10.5. The van der Waals surface area contributed by atoms with E-state index in [1.165, 1.54) is 6.07 Å². The highest BCUT2D eigenvalue weighted by molar-refractivity contribution is 14.0. The highest BCUT2D eigenvalue weighted by atomic mass is 127. The summed E-state index contributed by atoms with van der Waals surface area (Å²) in [6.45, 7) is 6.18. The summed E-state index contributed by atoms with van der Waals surface area (Å²) in [5.74, 6) is 0. The lowest BCUT2D eigenvalue weighted by Gasteiger charge is -2.33. The number of hydrogen-bond donors (Lipinski definition) is 0. The maximum atomic E-state index is 10.6. The molecule has 0 unspecified atom stereocenters. The summed E-state index contributed by atoms with van der Waals surface area (Å²) in [4.78, 5) is 12.3. The molecule has 0 atom stereocenters. The molecule has 0 radical (unpaired) electrons. The molecular formula is C11H17IN2O2. The van der Waals surface area contributed by atoms with E-state index in [0.717, 1.165) is 5.69 Å². The van der Waals surface area contributed by atoms with E-state index in [9.17, 15) is 10.1 Å². The molecule has 0 aliphatic heterocycles. The Morgan fingerprint density at radius 1 is 1.31 bits per heavy atom. The topological polar surface area (TPSA) is 46.4 Å². The highest BCUT2D eigenvalue weighted by Crippen LogP contribution is 2.25. The lowest BCUT2D eigenvalue weighted by Crippen LogP contribution is -2.37. The third-order valence-electron chi connectivity index (χ3n) is 2.43. The number of nitro groups is 1. The van der Waals surface area contributed by atoms with Crippen LogP contribution in [0.2, 0.25) is 0 Å². The molecule has 90 valence electrons. The number of nitro benzene ring substituents is 1. The second-order valence-corrected chi connectivity index (χ2v) is 4.51. The third-order valence-corrected chi connectivity index (χ3v) is 2.43. The molecule has 0 aliphatic rings. The SMILES string of the molecule is CN(c1cccc([N+](=O)[O-])c1)C(C)(C)C.I. The molecule has 0 amide bonds. The van der Waals surface area contributed by atoms with Crippen LogP contribution < -0.4 is 4.90 Å². The van der Waals surface area contributed by atoms with Crippen molar-refractivity contribution < 1.29 is 4.92 Å². The molecule has 0 saturated heterocycles. The van der Waals surface area contributed by atoms with Crippen molar-refractivity contribution in [3.05, 3.63) is 34.4 Å². The molecule has 0 heterocycles. The molecule has 1 rings (SSSR count). The Morgan fingerprint density at radius 2 is 1.88 bits per heavy atom. The quantitative estimate of drug-likeness (QED) is 0.472. The van der Waals surface area contributed by atoms with Crippen LogP contribution in [0.3, 0.4) is 0 Å². The Labute approximate surface area is 113 Å². The van der Waals surface area contributed by atoms with Crippen LogP contribution in [0.25, 0.3) is 0 Å². The van der Waals surface area contributed by atoms with Gasteiger partial charge in [0.05, 0.1) is 4.92 Å². The van der Waals surface area contributed by atoms with Crippen molar-refractivity contribution in [2.24, 2.45) is 0 Å². The van der Waals surface area contributed by atoms with Gasteiger partial charge in [-0.2, -0.15) is 0 Å². The summed E-state index contributed by atoms with van der Waals surface area (Å²) in [7, 11) is 1.93. The molecule has 1 aromatic carbocycles. The zero-order valence-electron chi connectivity index (χ0n) is 9.93. The number of non-ortho nitro benzene ring substituents is 1. The maximum absolute atomic E-state index is 10.6. The van der Waals surface area contributed by atoms with Crippen molar-refractivity contribution in [3.63, 3.8) is 0 Å². The average molecular weight is 336 g/mol. The molecule has 0 saturated carbocycles. The number of halogens is 1. The fraction of sp³-hybridized carbons (Fsp3) is 0.455. The monoisotopic (exact) mass is 336 g/mol. The van der Waals surface area contributed by atoms with Crippen LogP contribution in [0.5, 0.6) is 0 Å². The van der Waals surface area contributed by atoms with Crippen LogP contribution in [0.4, 0.5) is 11.4 Å². The van der Waals surface area contributed by atoms with Crippen LogP contribution in [0.1, 0.15) is 20.8 Å². The minimum Gasteiger partial charge on any atom is -0.370 e. The Balaban J connectivity index is 0.00000225. The second kappa shape index (κ2) is 5.47. The first kappa shape index (κ1) is 15.2. The minimum absolute atomic E-state index is 0. The Kier molecular flexibility index (Phi) is 5.18. The van der Waals surface area contributed by atoms with E-state index in [1.54, 1.807) is 12.1 Å². The number of benzene rings is 1. The van der Waals surface area contributed by atoms with E-state index in [4.69, 9.17) is 0 Å². The van der Waals surface area contributed by atoms with Gasteiger partial charge in [0.1, 0.15) is 0 Å². The number of rotatable bonds is 2. The standard InChI is InChI=1S/C11H16N2O2.HI/c1-11(2,3)12(4)9-6-5-7-10(8-9)13(14)15;/h5-8H,1-4H3;1H. The van der Waals surface area contributed by atoms with Gasteiger partial charge in [-0.25, -0.2) is 0 Å². The molecule has 0 fully saturated rings.